The predicted octanol–water partition coefficient (Wildman–Crippen LogP) is 4.51. The number of hydrogen-bond acceptors (Lipinski definition) is 3. The van der Waals surface area contributed by atoms with Crippen molar-refractivity contribution >= 4 is 21.4 Å². The van der Waals surface area contributed by atoms with Gasteiger partial charge >= 0.3 is 0 Å². The van der Waals surface area contributed by atoms with Gasteiger partial charge in [0.1, 0.15) is 11.5 Å². The molecule has 3 aromatic rings. The number of benzene rings is 2. The molecule has 0 bridgehead atoms. The molecule has 0 atom stereocenters. The van der Waals surface area contributed by atoms with E-state index in [2.05, 4.69) is 30.3 Å². The molecule has 20 heavy (non-hydrogen) atoms. The molecule has 102 valence electrons. The first-order valence-electron chi connectivity index (χ1n) is 6.48. The monoisotopic (exact) mass is 284 g/mol. The summed E-state index contributed by atoms with van der Waals surface area (Å²) >= 11 is 1.82. The van der Waals surface area contributed by atoms with Gasteiger partial charge in [-0.15, -0.1) is 11.3 Å². The first kappa shape index (κ1) is 13.0. The maximum atomic E-state index is 5.27. The lowest BCUT2D eigenvalue weighted by atomic mass is 10.1. The molecule has 0 aliphatic rings. The van der Waals surface area contributed by atoms with E-state index in [9.17, 15) is 0 Å². The molecule has 1 heterocycles. The molecule has 2 nitrogen and oxygen atoms in total. The van der Waals surface area contributed by atoms with Crippen LogP contribution in [0, 0.1) is 0 Å². The molecule has 0 saturated carbocycles. The van der Waals surface area contributed by atoms with Crippen LogP contribution in [0.1, 0.15) is 10.4 Å². The lowest BCUT2D eigenvalue weighted by molar-refractivity contribution is 0.414. The van der Waals surface area contributed by atoms with Gasteiger partial charge in [0.15, 0.2) is 0 Å². The SMILES string of the molecule is COc1ccc(Cc2cc3ccc(OC)cc3s2)cc1. The van der Waals surface area contributed by atoms with Crippen LogP contribution in [0.4, 0.5) is 0 Å². The van der Waals surface area contributed by atoms with Crippen LogP contribution in [-0.2, 0) is 6.42 Å². The molecule has 0 aliphatic heterocycles. The van der Waals surface area contributed by atoms with E-state index in [1.807, 2.05) is 29.5 Å². The zero-order valence-electron chi connectivity index (χ0n) is 11.6. The highest BCUT2D eigenvalue weighted by atomic mass is 32.1. The van der Waals surface area contributed by atoms with Crippen LogP contribution < -0.4 is 9.47 Å². The number of hydrogen-bond donors (Lipinski definition) is 0. The second-order valence-corrected chi connectivity index (χ2v) is 5.81. The second kappa shape index (κ2) is 5.55. The van der Waals surface area contributed by atoms with E-state index in [1.54, 1.807) is 14.2 Å². The van der Waals surface area contributed by atoms with Crippen LogP contribution in [0.15, 0.2) is 48.5 Å². The van der Waals surface area contributed by atoms with Crippen molar-refractivity contribution in [2.75, 3.05) is 14.2 Å². The fraction of sp³-hybridized carbons (Fsp3) is 0.176. The average Bonchev–Trinajstić information content (AvgIpc) is 2.89. The van der Waals surface area contributed by atoms with E-state index in [0.717, 1.165) is 17.9 Å². The van der Waals surface area contributed by atoms with Crippen molar-refractivity contribution in [2.24, 2.45) is 0 Å². The summed E-state index contributed by atoms with van der Waals surface area (Å²) in [6, 6.07) is 16.7. The molecular weight excluding hydrogens is 268 g/mol. The number of ether oxygens (including phenoxy) is 2. The van der Waals surface area contributed by atoms with Gasteiger partial charge in [-0.25, -0.2) is 0 Å². The molecule has 1 aromatic heterocycles. The molecule has 0 aliphatic carbocycles. The van der Waals surface area contributed by atoms with Gasteiger partial charge < -0.3 is 9.47 Å². The summed E-state index contributed by atoms with van der Waals surface area (Å²) in [5.74, 6) is 1.81. The number of methoxy groups -OCH3 is 2. The summed E-state index contributed by atoms with van der Waals surface area (Å²) in [5.41, 5.74) is 1.30. The van der Waals surface area contributed by atoms with Gasteiger partial charge in [-0.1, -0.05) is 12.1 Å². The summed E-state index contributed by atoms with van der Waals surface area (Å²) in [4.78, 5) is 1.36. The molecule has 0 N–H and O–H groups in total. The minimum atomic E-state index is 0.898. The number of thiophene rings is 1. The number of rotatable bonds is 4. The van der Waals surface area contributed by atoms with Gasteiger partial charge in [0, 0.05) is 16.0 Å². The van der Waals surface area contributed by atoms with Crippen LogP contribution >= 0.6 is 11.3 Å². The molecule has 0 fully saturated rings. The Bertz CT molecular complexity index is 713. The van der Waals surface area contributed by atoms with Crippen molar-refractivity contribution in [3.63, 3.8) is 0 Å². The molecule has 0 unspecified atom stereocenters. The van der Waals surface area contributed by atoms with Crippen LogP contribution in [0.25, 0.3) is 10.1 Å². The standard InChI is InChI=1S/C17H16O2S/c1-18-14-6-3-12(4-7-14)9-16-10-13-5-8-15(19-2)11-17(13)20-16/h3-8,10-11H,9H2,1-2H3. The normalized spacial score (nSPS) is 10.7. The maximum Gasteiger partial charge on any atom is 0.120 e. The molecule has 2 aromatic carbocycles. The molecule has 0 amide bonds. The molecule has 0 spiro atoms. The zero-order valence-corrected chi connectivity index (χ0v) is 12.4. The quantitative estimate of drug-likeness (QED) is 0.702. The Morgan fingerprint density at radius 3 is 2.25 bits per heavy atom. The third-order valence-electron chi connectivity index (χ3n) is 3.32. The Kier molecular flexibility index (Phi) is 3.61. The fourth-order valence-electron chi connectivity index (χ4n) is 2.23. The summed E-state index contributed by atoms with van der Waals surface area (Å²) in [7, 11) is 3.39. The summed E-state index contributed by atoms with van der Waals surface area (Å²) in [5, 5.41) is 1.28. The van der Waals surface area contributed by atoms with Crippen molar-refractivity contribution in [1.29, 1.82) is 0 Å². The van der Waals surface area contributed by atoms with Crippen molar-refractivity contribution in [3.8, 4) is 11.5 Å². The van der Waals surface area contributed by atoms with E-state index >= 15 is 0 Å². The van der Waals surface area contributed by atoms with Gasteiger partial charge in [0.05, 0.1) is 14.2 Å². The smallest absolute Gasteiger partial charge is 0.120 e. The fourth-order valence-corrected chi connectivity index (χ4v) is 3.35. The third-order valence-corrected chi connectivity index (χ3v) is 4.41. The highest BCUT2D eigenvalue weighted by Gasteiger charge is 2.04. The summed E-state index contributed by atoms with van der Waals surface area (Å²) in [6.07, 6.45) is 0.950. The Labute approximate surface area is 122 Å². The topological polar surface area (TPSA) is 18.5 Å². The Balaban J connectivity index is 1.86. The van der Waals surface area contributed by atoms with E-state index < -0.39 is 0 Å². The Hall–Kier alpha value is -2.00. The first-order valence-corrected chi connectivity index (χ1v) is 7.29. The lowest BCUT2D eigenvalue weighted by Gasteiger charge is -2.01. The average molecular weight is 284 g/mol. The Morgan fingerprint density at radius 2 is 1.55 bits per heavy atom. The molecular formula is C17H16O2S. The van der Waals surface area contributed by atoms with Crippen LogP contribution in [0.3, 0.4) is 0 Å². The maximum absolute atomic E-state index is 5.27. The van der Waals surface area contributed by atoms with Crippen LogP contribution in [0.2, 0.25) is 0 Å². The molecule has 3 rings (SSSR count). The van der Waals surface area contributed by atoms with Gasteiger partial charge in [-0.3, -0.25) is 0 Å². The van der Waals surface area contributed by atoms with Crippen LogP contribution in [-0.4, -0.2) is 14.2 Å². The van der Waals surface area contributed by atoms with Gasteiger partial charge in [-0.05, 0) is 47.3 Å². The van der Waals surface area contributed by atoms with Crippen LogP contribution in [0.5, 0.6) is 11.5 Å². The minimum absolute atomic E-state index is 0.898. The highest BCUT2D eigenvalue weighted by molar-refractivity contribution is 7.19. The summed E-state index contributed by atoms with van der Waals surface area (Å²) in [6.45, 7) is 0. The second-order valence-electron chi connectivity index (χ2n) is 4.64. The van der Waals surface area contributed by atoms with E-state index in [4.69, 9.17) is 9.47 Å². The van der Waals surface area contributed by atoms with E-state index in [0.29, 0.717) is 0 Å². The van der Waals surface area contributed by atoms with E-state index in [1.165, 1.54) is 20.5 Å². The van der Waals surface area contributed by atoms with Crippen molar-refractivity contribution in [2.45, 2.75) is 6.42 Å². The lowest BCUT2D eigenvalue weighted by Crippen LogP contribution is -1.86. The highest BCUT2D eigenvalue weighted by Crippen LogP contribution is 2.30. The molecule has 3 heteroatoms. The third kappa shape index (κ3) is 2.63. The summed E-state index contributed by atoms with van der Waals surface area (Å²) < 4.78 is 11.7. The van der Waals surface area contributed by atoms with Gasteiger partial charge in [-0.2, -0.15) is 0 Å². The minimum Gasteiger partial charge on any atom is -0.497 e. The predicted molar refractivity (Wildman–Crippen MR) is 84.2 cm³/mol. The van der Waals surface area contributed by atoms with Gasteiger partial charge in [0.25, 0.3) is 0 Å². The first-order chi connectivity index (χ1) is 9.78. The Morgan fingerprint density at radius 1 is 0.850 bits per heavy atom. The van der Waals surface area contributed by atoms with Crippen molar-refractivity contribution < 1.29 is 9.47 Å². The van der Waals surface area contributed by atoms with E-state index in [-0.39, 0.29) is 0 Å². The zero-order chi connectivity index (χ0) is 13.9. The largest absolute Gasteiger partial charge is 0.497 e. The van der Waals surface area contributed by atoms with Crippen molar-refractivity contribution in [1.82, 2.24) is 0 Å². The number of fused-ring (bicyclic) bond motifs is 1. The molecule has 0 radical (unpaired) electrons. The van der Waals surface area contributed by atoms with Crippen molar-refractivity contribution in [3.05, 3.63) is 59.0 Å². The molecule has 0 saturated heterocycles. The van der Waals surface area contributed by atoms with Gasteiger partial charge in [0.2, 0.25) is 0 Å².